The zero-order chi connectivity index (χ0) is 16.9. The first-order chi connectivity index (χ1) is 11.6. The van der Waals surface area contributed by atoms with Crippen LogP contribution < -0.4 is 5.73 Å². The number of carbonyl (C=O) groups is 1. The molecule has 128 valence electrons. The lowest BCUT2D eigenvalue weighted by molar-refractivity contribution is 0.0628. The van der Waals surface area contributed by atoms with E-state index in [4.69, 9.17) is 10.2 Å². The molecule has 24 heavy (non-hydrogen) atoms. The summed E-state index contributed by atoms with van der Waals surface area (Å²) in [6, 6.07) is 12.2. The maximum absolute atomic E-state index is 12.8. The third-order valence-electron chi connectivity index (χ3n) is 4.57. The first-order valence-corrected chi connectivity index (χ1v) is 9.43. The number of furan rings is 1. The van der Waals surface area contributed by atoms with Crippen LogP contribution in [0.2, 0.25) is 0 Å². The van der Waals surface area contributed by atoms with Gasteiger partial charge < -0.3 is 15.1 Å². The van der Waals surface area contributed by atoms with Gasteiger partial charge in [-0.2, -0.15) is 0 Å². The van der Waals surface area contributed by atoms with Crippen molar-refractivity contribution < 1.29 is 9.21 Å². The van der Waals surface area contributed by atoms with Crippen molar-refractivity contribution in [1.29, 1.82) is 0 Å². The topological polar surface area (TPSA) is 59.5 Å². The molecule has 0 radical (unpaired) electrons. The molecule has 0 bridgehead atoms. The minimum absolute atomic E-state index is 0.00554. The van der Waals surface area contributed by atoms with Crippen LogP contribution in [0.15, 0.2) is 52.0 Å². The van der Waals surface area contributed by atoms with Crippen LogP contribution >= 0.6 is 11.8 Å². The summed E-state index contributed by atoms with van der Waals surface area (Å²) in [5.41, 5.74) is 6.98. The van der Waals surface area contributed by atoms with E-state index in [1.54, 1.807) is 18.0 Å². The summed E-state index contributed by atoms with van der Waals surface area (Å²) in [7, 11) is 0. The first-order valence-electron chi connectivity index (χ1n) is 8.44. The minimum atomic E-state index is -0.00554. The number of likely N-dealkylation sites (tertiary alicyclic amines) is 1. The molecule has 4 nitrogen and oxygen atoms in total. The molecule has 1 aliphatic rings. The van der Waals surface area contributed by atoms with Gasteiger partial charge in [0, 0.05) is 35.3 Å². The lowest BCUT2D eigenvalue weighted by Gasteiger charge is -2.34. The average Bonchev–Trinajstić information content (AvgIpc) is 3.09. The summed E-state index contributed by atoms with van der Waals surface area (Å²) >= 11 is 1.71. The standard InChI is InChI=1S/C19H24N2O2S/c1-14(20)15-6-5-10-21(12-15)19(22)18-16(9-11-23-18)13-24-17-7-3-2-4-8-17/h2-4,7-9,11,14-15H,5-6,10,12-13,20H2,1H3. The molecule has 3 rings (SSSR count). The molecule has 2 atom stereocenters. The third-order valence-corrected chi connectivity index (χ3v) is 5.63. The van der Waals surface area contributed by atoms with E-state index in [1.807, 2.05) is 36.1 Å². The number of nitrogens with two attached hydrogens (primary N) is 1. The number of hydrogen-bond acceptors (Lipinski definition) is 4. The highest BCUT2D eigenvalue weighted by molar-refractivity contribution is 7.98. The second-order valence-electron chi connectivity index (χ2n) is 6.39. The van der Waals surface area contributed by atoms with Gasteiger partial charge in [0.1, 0.15) is 0 Å². The van der Waals surface area contributed by atoms with Gasteiger partial charge in [0.05, 0.1) is 6.26 Å². The van der Waals surface area contributed by atoms with Crippen molar-refractivity contribution in [2.45, 2.75) is 36.5 Å². The number of carbonyl (C=O) groups excluding carboxylic acids is 1. The monoisotopic (exact) mass is 344 g/mol. The molecule has 1 saturated heterocycles. The Hall–Kier alpha value is -1.72. The van der Waals surface area contributed by atoms with Crippen LogP contribution in [-0.2, 0) is 5.75 Å². The van der Waals surface area contributed by atoms with E-state index in [1.165, 1.54) is 4.90 Å². The highest BCUT2D eigenvalue weighted by Crippen LogP contribution is 2.27. The summed E-state index contributed by atoms with van der Waals surface area (Å²) in [6.07, 6.45) is 3.71. The molecule has 1 aromatic heterocycles. The molecular formula is C19H24N2O2S. The second kappa shape index (κ2) is 7.90. The van der Waals surface area contributed by atoms with Gasteiger partial charge in [-0.15, -0.1) is 11.8 Å². The fraction of sp³-hybridized carbons (Fsp3) is 0.421. The average molecular weight is 344 g/mol. The second-order valence-corrected chi connectivity index (χ2v) is 7.44. The lowest BCUT2D eigenvalue weighted by atomic mass is 9.92. The van der Waals surface area contributed by atoms with Crippen LogP contribution in [0, 0.1) is 5.92 Å². The van der Waals surface area contributed by atoms with Crippen molar-refractivity contribution in [1.82, 2.24) is 4.90 Å². The van der Waals surface area contributed by atoms with Gasteiger partial charge in [0.15, 0.2) is 5.76 Å². The predicted molar refractivity (Wildman–Crippen MR) is 97.0 cm³/mol. The van der Waals surface area contributed by atoms with Gasteiger partial charge in [-0.25, -0.2) is 0 Å². The van der Waals surface area contributed by atoms with Crippen LogP contribution in [0.3, 0.4) is 0 Å². The minimum Gasteiger partial charge on any atom is -0.459 e. The Morgan fingerprint density at radius 3 is 2.92 bits per heavy atom. The normalized spacial score (nSPS) is 19.2. The van der Waals surface area contributed by atoms with Crippen LogP contribution in [0.4, 0.5) is 0 Å². The maximum Gasteiger partial charge on any atom is 0.289 e. The molecular weight excluding hydrogens is 320 g/mol. The molecule has 0 aliphatic carbocycles. The van der Waals surface area contributed by atoms with Crippen LogP contribution in [0.25, 0.3) is 0 Å². The molecule has 2 heterocycles. The van der Waals surface area contributed by atoms with Crippen LogP contribution in [0.1, 0.15) is 35.9 Å². The zero-order valence-electron chi connectivity index (χ0n) is 14.0. The molecule has 0 spiro atoms. The SMILES string of the molecule is CC(N)C1CCCN(C(=O)c2occc2CSc2ccccc2)C1. The molecule has 2 aromatic rings. The fourth-order valence-electron chi connectivity index (χ4n) is 3.08. The maximum atomic E-state index is 12.8. The highest BCUT2D eigenvalue weighted by Gasteiger charge is 2.29. The van der Waals surface area contributed by atoms with Crippen molar-refractivity contribution in [2.75, 3.05) is 13.1 Å². The smallest absolute Gasteiger partial charge is 0.289 e. The Bertz CT molecular complexity index is 669. The van der Waals surface area contributed by atoms with Gasteiger partial charge >= 0.3 is 0 Å². The highest BCUT2D eigenvalue weighted by atomic mass is 32.2. The van der Waals surface area contributed by atoms with Crippen molar-refractivity contribution in [2.24, 2.45) is 11.7 Å². The lowest BCUT2D eigenvalue weighted by Crippen LogP contribution is -2.45. The summed E-state index contributed by atoms with van der Waals surface area (Å²) in [5.74, 6) is 1.57. The number of rotatable bonds is 5. The van der Waals surface area contributed by atoms with E-state index in [-0.39, 0.29) is 11.9 Å². The quantitative estimate of drug-likeness (QED) is 0.839. The zero-order valence-corrected chi connectivity index (χ0v) is 14.8. The van der Waals surface area contributed by atoms with Crippen molar-refractivity contribution >= 4 is 17.7 Å². The first kappa shape index (κ1) is 17.1. The van der Waals surface area contributed by atoms with Gasteiger partial charge in [-0.1, -0.05) is 18.2 Å². The molecule has 5 heteroatoms. The Morgan fingerprint density at radius 2 is 2.17 bits per heavy atom. The van der Waals surface area contributed by atoms with E-state index in [0.717, 1.165) is 37.2 Å². The number of hydrogen-bond donors (Lipinski definition) is 1. The molecule has 1 fully saturated rings. The number of nitrogens with zero attached hydrogens (tertiary/aromatic N) is 1. The number of piperidine rings is 1. The summed E-state index contributed by atoms with van der Waals surface area (Å²) < 4.78 is 5.53. The molecule has 1 aliphatic heterocycles. The number of benzene rings is 1. The van der Waals surface area contributed by atoms with Crippen LogP contribution in [-0.4, -0.2) is 29.9 Å². The van der Waals surface area contributed by atoms with E-state index < -0.39 is 0 Å². The molecule has 2 N–H and O–H groups in total. The third kappa shape index (κ3) is 4.02. The molecule has 1 amide bonds. The van der Waals surface area contributed by atoms with Crippen molar-refractivity contribution in [3.8, 4) is 0 Å². The van der Waals surface area contributed by atoms with Crippen molar-refractivity contribution in [3.63, 3.8) is 0 Å². The number of amides is 1. The van der Waals surface area contributed by atoms with Crippen LogP contribution in [0.5, 0.6) is 0 Å². The van der Waals surface area contributed by atoms with E-state index >= 15 is 0 Å². The Kier molecular flexibility index (Phi) is 5.63. The Labute approximate surface area is 147 Å². The largest absolute Gasteiger partial charge is 0.459 e. The predicted octanol–water partition coefficient (Wildman–Crippen LogP) is 3.77. The van der Waals surface area contributed by atoms with Crippen molar-refractivity contribution in [3.05, 3.63) is 54.0 Å². The summed E-state index contributed by atoms with van der Waals surface area (Å²) in [5, 5.41) is 0. The Balaban J connectivity index is 1.66. The van der Waals surface area contributed by atoms with Gasteiger partial charge in [-0.3, -0.25) is 4.79 Å². The fourth-order valence-corrected chi connectivity index (χ4v) is 3.98. The van der Waals surface area contributed by atoms with Gasteiger partial charge in [0.2, 0.25) is 0 Å². The number of thioether (sulfide) groups is 1. The Morgan fingerprint density at radius 1 is 1.38 bits per heavy atom. The van der Waals surface area contributed by atoms with E-state index in [2.05, 4.69) is 12.1 Å². The summed E-state index contributed by atoms with van der Waals surface area (Å²) in [6.45, 7) is 3.53. The van der Waals surface area contributed by atoms with E-state index in [9.17, 15) is 4.79 Å². The molecule has 0 saturated carbocycles. The van der Waals surface area contributed by atoms with Gasteiger partial charge in [0.25, 0.3) is 5.91 Å². The molecule has 2 unspecified atom stereocenters. The summed E-state index contributed by atoms with van der Waals surface area (Å²) in [4.78, 5) is 15.9. The van der Waals surface area contributed by atoms with E-state index in [0.29, 0.717) is 11.7 Å². The van der Waals surface area contributed by atoms with Gasteiger partial charge in [-0.05, 0) is 43.9 Å². The molecule has 1 aromatic carbocycles.